The molecule has 1 amide bonds. The summed E-state index contributed by atoms with van der Waals surface area (Å²) in [6.07, 6.45) is 0. The highest BCUT2D eigenvalue weighted by atomic mass is 32.2. The number of nitrogens with zero attached hydrogens (tertiary/aromatic N) is 3. The number of hydrogen-bond donors (Lipinski definition) is 2. The second-order valence-electron chi connectivity index (χ2n) is 10.1. The Hall–Kier alpha value is -3.84. The van der Waals surface area contributed by atoms with Gasteiger partial charge in [-0.2, -0.15) is 4.98 Å². The number of anilines is 2. The number of thioether (sulfide) groups is 1. The van der Waals surface area contributed by atoms with Crippen molar-refractivity contribution in [3.05, 3.63) is 112 Å². The van der Waals surface area contributed by atoms with E-state index in [2.05, 4.69) is 66.9 Å². The van der Waals surface area contributed by atoms with Crippen molar-refractivity contribution in [2.24, 2.45) is 0 Å². The summed E-state index contributed by atoms with van der Waals surface area (Å²) >= 11 is 1.59. The molecule has 7 heteroatoms. The van der Waals surface area contributed by atoms with Crippen molar-refractivity contribution in [2.75, 3.05) is 10.6 Å². The van der Waals surface area contributed by atoms with Crippen molar-refractivity contribution in [2.45, 2.75) is 57.5 Å². The molecule has 5 rings (SSSR count). The van der Waals surface area contributed by atoms with E-state index < -0.39 is 6.04 Å². The molecule has 4 aromatic rings. The van der Waals surface area contributed by atoms with E-state index in [0.29, 0.717) is 22.6 Å². The summed E-state index contributed by atoms with van der Waals surface area (Å²) in [5, 5.41) is 12.0. The number of amides is 1. The third-order valence-electron chi connectivity index (χ3n) is 6.84. The minimum atomic E-state index is -0.406. The van der Waals surface area contributed by atoms with Gasteiger partial charge in [-0.05, 0) is 55.0 Å². The van der Waals surface area contributed by atoms with Crippen molar-refractivity contribution >= 4 is 29.3 Å². The molecule has 0 radical (unpaired) electrons. The van der Waals surface area contributed by atoms with Crippen LogP contribution in [0.25, 0.3) is 0 Å². The Morgan fingerprint density at radius 1 is 1.03 bits per heavy atom. The molecule has 0 unspecified atom stereocenters. The van der Waals surface area contributed by atoms with Crippen LogP contribution in [-0.4, -0.2) is 20.7 Å². The van der Waals surface area contributed by atoms with E-state index >= 15 is 0 Å². The van der Waals surface area contributed by atoms with Gasteiger partial charge in [0.1, 0.15) is 6.04 Å². The van der Waals surface area contributed by atoms with Gasteiger partial charge in [0.15, 0.2) is 0 Å². The first kappa shape index (κ1) is 25.8. The Bertz CT molecular complexity index is 1490. The van der Waals surface area contributed by atoms with Gasteiger partial charge in [0, 0.05) is 17.1 Å². The number of carbonyl (C=O) groups excluding carboxylic acids is 1. The fraction of sp³-hybridized carbons (Fsp3) is 0.258. The number of hydrogen-bond acceptors (Lipinski definition) is 5. The minimum absolute atomic E-state index is 0.153. The van der Waals surface area contributed by atoms with E-state index in [0.717, 1.165) is 33.8 Å². The van der Waals surface area contributed by atoms with Gasteiger partial charge >= 0.3 is 0 Å². The lowest BCUT2D eigenvalue weighted by molar-refractivity contribution is -0.113. The number of nitrogens with one attached hydrogen (secondary N) is 2. The van der Waals surface area contributed by atoms with Crippen LogP contribution in [-0.2, 0) is 10.5 Å². The Morgan fingerprint density at radius 3 is 2.45 bits per heavy atom. The zero-order chi connectivity index (χ0) is 26.8. The van der Waals surface area contributed by atoms with Crippen LogP contribution in [0.4, 0.5) is 11.6 Å². The van der Waals surface area contributed by atoms with Gasteiger partial charge in [-0.25, -0.2) is 4.68 Å². The summed E-state index contributed by atoms with van der Waals surface area (Å²) in [6.45, 7) is 10.3. The van der Waals surface area contributed by atoms with Crippen molar-refractivity contribution in [1.29, 1.82) is 0 Å². The highest BCUT2D eigenvalue weighted by molar-refractivity contribution is 7.98. The number of aromatic nitrogens is 3. The first-order chi connectivity index (χ1) is 18.3. The van der Waals surface area contributed by atoms with E-state index in [1.807, 2.05) is 55.8 Å². The highest BCUT2D eigenvalue weighted by Gasteiger charge is 2.34. The van der Waals surface area contributed by atoms with Crippen molar-refractivity contribution in [3.8, 4) is 0 Å². The average Bonchev–Trinajstić information content (AvgIpc) is 3.31. The molecule has 0 aliphatic carbocycles. The van der Waals surface area contributed by atoms with Crippen LogP contribution in [0.5, 0.6) is 0 Å². The SMILES string of the molecule is CC1=C(C(=O)Nc2ccc(C)cc2C)[C@@H](c2ccc(C(C)C)cc2)n2nc(SCc3ccccc3)nc2N1. The van der Waals surface area contributed by atoms with E-state index in [-0.39, 0.29) is 5.91 Å². The molecule has 1 aliphatic rings. The van der Waals surface area contributed by atoms with Gasteiger partial charge in [0.25, 0.3) is 5.91 Å². The Morgan fingerprint density at radius 2 is 1.76 bits per heavy atom. The molecular formula is C31H33N5OS. The fourth-order valence-electron chi connectivity index (χ4n) is 4.72. The number of benzene rings is 3. The molecule has 38 heavy (non-hydrogen) atoms. The molecule has 0 saturated carbocycles. The topological polar surface area (TPSA) is 71.8 Å². The van der Waals surface area contributed by atoms with Gasteiger partial charge in [0.2, 0.25) is 11.1 Å². The average molecular weight is 524 g/mol. The molecule has 2 heterocycles. The van der Waals surface area contributed by atoms with Crippen LogP contribution in [0.3, 0.4) is 0 Å². The molecule has 0 bridgehead atoms. The number of allylic oxidation sites excluding steroid dienone is 1. The summed E-state index contributed by atoms with van der Waals surface area (Å²) in [5.41, 5.74) is 7.84. The van der Waals surface area contributed by atoms with Gasteiger partial charge in [-0.1, -0.05) is 97.9 Å². The predicted molar refractivity (Wildman–Crippen MR) is 156 cm³/mol. The minimum Gasteiger partial charge on any atom is -0.328 e. The molecule has 1 aliphatic heterocycles. The number of carbonyl (C=O) groups is 1. The van der Waals surface area contributed by atoms with E-state index in [1.165, 1.54) is 11.1 Å². The summed E-state index contributed by atoms with van der Waals surface area (Å²) in [6, 6.07) is 24.4. The van der Waals surface area contributed by atoms with Gasteiger partial charge in [-0.3, -0.25) is 4.79 Å². The summed E-state index contributed by atoms with van der Waals surface area (Å²) < 4.78 is 1.85. The largest absolute Gasteiger partial charge is 0.328 e. The summed E-state index contributed by atoms with van der Waals surface area (Å²) in [5.74, 6) is 1.67. The molecule has 1 atom stereocenters. The molecule has 1 aromatic heterocycles. The number of aryl methyl sites for hydroxylation is 2. The van der Waals surface area contributed by atoms with Crippen molar-refractivity contribution < 1.29 is 4.79 Å². The molecular weight excluding hydrogens is 490 g/mol. The van der Waals surface area contributed by atoms with Crippen LogP contribution < -0.4 is 10.6 Å². The van der Waals surface area contributed by atoms with Crippen molar-refractivity contribution in [3.63, 3.8) is 0 Å². The molecule has 2 N–H and O–H groups in total. The van der Waals surface area contributed by atoms with Crippen LogP contribution in [0.2, 0.25) is 0 Å². The lowest BCUT2D eigenvalue weighted by Crippen LogP contribution is -2.31. The molecule has 6 nitrogen and oxygen atoms in total. The van der Waals surface area contributed by atoms with E-state index in [9.17, 15) is 4.79 Å². The fourth-order valence-corrected chi connectivity index (χ4v) is 5.51. The maximum Gasteiger partial charge on any atom is 0.255 e. The van der Waals surface area contributed by atoms with Crippen molar-refractivity contribution in [1.82, 2.24) is 14.8 Å². The molecule has 0 spiro atoms. The zero-order valence-corrected chi connectivity index (χ0v) is 23.3. The Labute approximate surface area is 228 Å². The van der Waals surface area contributed by atoms with E-state index in [4.69, 9.17) is 10.1 Å². The number of rotatable bonds is 7. The standard InChI is InChI=1S/C31H33N5OS/c1-19(2)24-12-14-25(15-13-24)28-27(29(37)33-26-16-11-20(3)17-21(26)4)22(5)32-30-34-31(35-36(28)30)38-18-23-9-7-6-8-10-23/h6-17,19,28H,18H2,1-5H3,(H,33,37)(H,32,34,35)/t28-/m1/s1. The second kappa shape index (κ2) is 10.9. The first-order valence-corrected chi connectivity index (χ1v) is 13.9. The quantitative estimate of drug-likeness (QED) is 0.250. The second-order valence-corrected chi connectivity index (χ2v) is 11.0. The summed E-state index contributed by atoms with van der Waals surface area (Å²) in [7, 11) is 0. The number of fused-ring (bicyclic) bond motifs is 1. The first-order valence-electron chi connectivity index (χ1n) is 12.9. The maximum atomic E-state index is 13.8. The van der Waals surface area contributed by atoms with Crippen LogP contribution in [0, 0.1) is 13.8 Å². The molecule has 194 valence electrons. The maximum absolute atomic E-state index is 13.8. The lowest BCUT2D eigenvalue weighted by atomic mass is 9.92. The van der Waals surface area contributed by atoms with Gasteiger partial charge in [-0.15, -0.1) is 5.10 Å². The lowest BCUT2D eigenvalue weighted by Gasteiger charge is -2.29. The van der Waals surface area contributed by atoms with Crippen LogP contribution in [0.1, 0.15) is 60.5 Å². The van der Waals surface area contributed by atoms with Gasteiger partial charge < -0.3 is 10.6 Å². The smallest absolute Gasteiger partial charge is 0.255 e. The van der Waals surface area contributed by atoms with Crippen LogP contribution >= 0.6 is 11.8 Å². The van der Waals surface area contributed by atoms with E-state index in [1.54, 1.807) is 11.8 Å². The third-order valence-corrected chi connectivity index (χ3v) is 7.75. The normalized spacial score (nSPS) is 14.8. The molecule has 3 aromatic carbocycles. The molecule has 0 saturated heterocycles. The summed E-state index contributed by atoms with van der Waals surface area (Å²) in [4.78, 5) is 18.6. The van der Waals surface area contributed by atoms with Gasteiger partial charge in [0.05, 0.1) is 5.57 Å². The monoisotopic (exact) mass is 523 g/mol. The predicted octanol–water partition coefficient (Wildman–Crippen LogP) is 7.24. The highest BCUT2D eigenvalue weighted by Crippen LogP contribution is 2.37. The Balaban J connectivity index is 1.51. The van der Waals surface area contributed by atoms with Crippen LogP contribution in [0.15, 0.2) is 89.2 Å². The Kier molecular flexibility index (Phi) is 7.38. The molecule has 0 fully saturated rings. The zero-order valence-electron chi connectivity index (χ0n) is 22.4. The third kappa shape index (κ3) is 5.38.